The van der Waals surface area contributed by atoms with Crippen molar-refractivity contribution in [3.8, 4) is 11.1 Å². The molecule has 1 aliphatic heterocycles. The first-order chi connectivity index (χ1) is 15.2. The third-order valence-corrected chi connectivity index (χ3v) is 6.25. The second-order valence-electron chi connectivity index (χ2n) is 8.56. The number of carbonyl (C=O) groups is 1. The topological polar surface area (TPSA) is 66.3 Å². The van der Waals surface area contributed by atoms with Gasteiger partial charge in [-0.15, -0.1) is 0 Å². The number of benzene rings is 1. The van der Waals surface area contributed by atoms with Crippen molar-refractivity contribution in [2.24, 2.45) is 5.92 Å². The predicted octanol–water partition coefficient (Wildman–Crippen LogP) is 5.72. The van der Waals surface area contributed by atoms with Crippen LogP contribution in [0.5, 0.6) is 0 Å². The molecule has 0 bridgehead atoms. The van der Waals surface area contributed by atoms with Gasteiger partial charge in [-0.3, -0.25) is 9.78 Å². The number of unbranched alkanes of at least 4 members (excludes halogenated alkanes) is 3. The van der Waals surface area contributed by atoms with Gasteiger partial charge in [0, 0.05) is 36.4 Å². The number of nitrogens with zero attached hydrogens (tertiary/aromatic N) is 3. The summed E-state index contributed by atoms with van der Waals surface area (Å²) < 4.78 is 0. The SMILES string of the molecule is CCCCCCc1ccc2nc(N3CCCC(C(=O)O)C3)cc(-c3cccnc3)c2c1. The maximum Gasteiger partial charge on any atom is 0.308 e. The predicted molar refractivity (Wildman–Crippen MR) is 125 cm³/mol. The summed E-state index contributed by atoms with van der Waals surface area (Å²) in [5.74, 6) is -0.197. The number of pyridine rings is 2. The maximum absolute atomic E-state index is 11.5. The molecule has 2 aromatic heterocycles. The number of aromatic nitrogens is 2. The number of anilines is 1. The summed E-state index contributed by atoms with van der Waals surface area (Å²) in [5.41, 5.74) is 4.46. The maximum atomic E-state index is 11.5. The molecule has 0 saturated carbocycles. The van der Waals surface area contributed by atoms with Crippen LogP contribution in [0, 0.1) is 5.92 Å². The zero-order chi connectivity index (χ0) is 21.6. The number of piperidine rings is 1. The van der Waals surface area contributed by atoms with Crippen molar-refractivity contribution < 1.29 is 9.90 Å². The quantitative estimate of drug-likeness (QED) is 0.475. The fourth-order valence-corrected chi connectivity index (χ4v) is 4.48. The molecule has 1 atom stereocenters. The molecule has 0 spiro atoms. The summed E-state index contributed by atoms with van der Waals surface area (Å²) in [7, 11) is 0. The van der Waals surface area contributed by atoms with E-state index in [-0.39, 0.29) is 5.92 Å². The van der Waals surface area contributed by atoms with Gasteiger partial charge in [0.15, 0.2) is 0 Å². The molecule has 162 valence electrons. The highest BCUT2D eigenvalue weighted by atomic mass is 16.4. The minimum atomic E-state index is -0.717. The molecule has 5 nitrogen and oxygen atoms in total. The third kappa shape index (κ3) is 5.04. The van der Waals surface area contributed by atoms with Gasteiger partial charge in [-0.2, -0.15) is 0 Å². The number of aliphatic carboxylic acids is 1. The van der Waals surface area contributed by atoms with Crippen LogP contribution in [0.15, 0.2) is 48.8 Å². The third-order valence-electron chi connectivity index (χ3n) is 6.25. The Morgan fingerprint density at radius 3 is 2.87 bits per heavy atom. The van der Waals surface area contributed by atoms with E-state index in [0.29, 0.717) is 6.54 Å². The molecule has 3 heterocycles. The van der Waals surface area contributed by atoms with Crippen LogP contribution in [0.1, 0.15) is 51.0 Å². The molecule has 1 aromatic carbocycles. The van der Waals surface area contributed by atoms with Gasteiger partial charge in [-0.25, -0.2) is 4.98 Å². The number of fused-ring (bicyclic) bond motifs is 1. The molecule has 3 aromatic rings. The zero-order valence-electron chi connectivity index (χ0n) is 18.3. The molecular weight excluding hydrogens is 386 g/mol. The first kappa shape index (κ1) is 21.3. The summed E-state index contributed by atoms with van der Waals surface area (Å²) >= 11 is 0. The van der Waals surface area contributed by atoms with Gasteiger partial charge in [0.05, 0.1) is 11.4 Å². The largest absolute Gasteiger partial charge is 0.481 e. The lowest BCUT2D eigenvalue weighted by Gasteiger charge is -2.32. The van der Waals surface area contributed by atoms with E-state index >= 15 is 0 Å². The van der Waals surface area contributed by atoms with Gasteiger partial charge in [0.25, 0.3) is 0 Å². The highest BCUT2D eigenvalue weighted by Gasteiger charge is 2.26. The molecular formula is C26H31N3O2. The highest BCUT2D eigenvalue weighted by Crippen LogP contribution is 2.33. The number of aryl methyl sites for hydroxylation is 1. The number of carboxylic acids is 1. The molecule has 31 heavy (non-hydrogen) atoms. The second kappa shape index (κ2) is 9.90. The van der Waals surface area contributed by atoms with E-state index in [1.807, 2.05) is 12.3 Å². The molecule has 5 heteroatoms. The Hall–Kier alpha value is -2.95. The zero-order valence-corrected chi connectivity index (χ0v) is 18.3. The van der Waals surface area contributed by atoms with Crippen molar-refractivity contribution in [3.05, 3.63) is 54.4 Å². The van der Waals surface area contributed by atoms with Crippen molar-refractivity contribution in [1.29, 1.82) is 0 Å². The minimum Gasteiger partial charge on any atom is -0.481 e. The molecule has 1 fully saturated rings. The lowest BCUT2D eigenvalue weighted by Crippen LogP contribution is -2.39. The molecule has 1 aliphatic rings. The van der Waals surface area contributed by atoms with E-state index in [2.05, 4.69) is 47.1 Å². The first-order valence-corrected chi connectivity index (χ1v) is 11.5. The summed E-state index contributed by atoms with van der Waals surface area (Å²) in [6.07, 6.45) is 11.4. The Kier molecular flexibility index (Phi) is 6.80. The van der Waals surface area contributed by atoms with E-state index in [1.165, 1.54) is 31.2 Å². The molecule has 0 radical (unpaired) electrons. The van der Waals surface area contributed by atoms with Crippen molar-refractivity contribution in [1.82, 2.24) is 9.97 Å². The van der Waals surface area contributed by atoms with Crippen molar-refractivity contribution in [2.75, 3.05) is 18.0 Å². The van der Waals surface area contributed by atoms with Crippen LogP contribution in [0.4, 0.5) is 5.82 Å². The standard InChI is InChI=1S/C26H31N3O2/c1-2-3-4-5-8-19-11-12-24-23(15-19)22(20-9-6-13-27-17-20)16-25(28-24)29-14-7-10-21(18-29)26(30)31/h6,9,11-13,15-17,21H,2-5,7-8,10,14,18H2,1H3,(H,30,31). The van der Waals surface area contributed by atoms with Crippen molar-refractivity contribution in [2.45, 2.75) is 51.9 Å². The summed E-state index contributed by atoms with van der Waals surface area (Å²) in [5, 5.41) is 10.6. The molecule has 0 aliphatic carbocycles. The average molecular weight is 418 g/mol. The van der Waals surface area contributed by atoms with Gasteiger partial charge in [-0.05, 0) is 61.1 Å². The van der Waals surface area contributed by atoms with E-state index in [4.69, 9.17) is 4.98 Å². The van der Waals surface area contributed by atoms with E-state index in [9.17, 15) is 9.90 Å². The Morgan fingerprint density at radius 2 is 2.10 bits per heavy atom. The summed E-state index contributed by atoms with van der Waals surface area (Å²) in [6.45, 7) is 3.58. The Labute approximate surface area is 184 Å². The van der Waals surface area contributed by atoms with Crippen LogP contribution in [0.25, 0.3) is 22.0 Å². The van der Waals surface area contributed by atoms with Gasteiger partial charge in [0.1, 0.15) is 5.82 Å². The molecule has 1 unspecified atom stereocenters. The van der Waals surface area contributed by atoms with E-state index in [1.54, 1.807) is 6.20 Å². The monoisotopic (exact) mass is 417 g/mol. The molecule has 1 saturated heterocycles. The second-order valence-corrected chi connectivity index (χ2v) is 8.56. The fourth-order valence-electron chi connectivity index (χ4n) is 4.48. The van der Waals surface area contributed by atoms with Crippen molar-refractivity contribution >= 4 is 22.7 Å². The van der Waals surface area contributed by atoms with Gasteiger partial charge < -0.3 is 10.0 Å². The van der Waals surface area contributed by atoms with Gasteiger partial charge >= 0.3 is 5.97 Å². The van der Waals surface area contributed by atoms with Crippen LogP contribution in [-0.2, 0) is 11.2 Å². The number of hydrogen-bond acceptors (Lipinski definition) is 4. The van der Waals surface area contributed by atoms with Crippen LogP contribution < -0.4 is 4.90 Å². The molecule has 1 N–H and O–H groups in total. The Bertz CT molecular complexity index is 1040. The van der Waals surface area contributed by atoms with Crippen molar-refractivity contribution in [3.63, 3.8) is 0 Å². The lowest BCUT2D eigenvalue weighted by molar-refractivity contribution is -0.141. The highest BCUT2D eigenvalue weighted by molar-refractivity contribution is 5.96. The summed E-state index contributed by atoms with van der Waals surface area (Å²) in [4.78, 5) is 22.9. The number of rotatable bonds is 8. The Morgan fingerprint density at radius 1 is 1.19 bits per heavy atom. The minimum absolute atomic E-state index is 0.335. The first-order valence-electron chi connectivity index (χ1n) is 11.5. The smallest absolute Gasteiger partial charge is 0.308 e. The average Bonchev–Trinajstić information content (AvgIpc) is 2.81. The molecule has 0 amide bonds. The van der Waals surface area contributed by atoms with E-state index < -0.39 is 5.97 Å². The van der Waals surface area contributed by atoms with E-state index in [0.717, 1.165) is 53.7 Å². The normalized spacial score (nSPS) is 16.5. The lowest BCUT2D eigenvalue weighted by atomic mass is 9.96. The number of hydrogen-bond donors (Lipinski definition) is 1. The van der Waals surface area contributed by atoms with Gasteiger partial charge in [0.2, 0.25) is 0 Å². The van der Waals surface area contributed by atoms with Crippen LogP contribution in [0.2, 0.25) is 0 Å². The molecule has 4 rings (SSSR count). The van der Waals surface area contributed by atoms with Crippen LogP contribution in [-0.4, -0.2) is 34.1 Å². The number of carboxylic acid groups (broad SMARTS) is 1. The van der Waals surface area contributed by atoms with Gasteiger partial charge in [-0.1, -0.05) is 38.3 Å². The van der Waals surface area contributed by atoms with Crippen LogP contribution >= 0.6 is 0 Å². The summed E-state index contributed by atoms with van der Waals surface area (Å²) in [6, 6.07) is 12.7. The Balaban J connectivity index is 1.72. The van der Waals surface area contributed by atoms with Crippen LogP contribution in [0.3, 0.4) is 0 Å². The fraction of sp³-hybridized carbons (Fsp3) is 0.423.